The van der Waals surface area contributed by atoms with Crippen molar-refractivity contribution in [3.63, 3.8) is 0 Å². The van der Waals surface area contributed by atoms with Crippen molar-refractivity contribution in [1.29, 1.82) is 0 Å². The molecule has 0 radical (unpaired) electrons. The number of anilines is 1. The Morgan fingerprint density at radius 1 is 1.09 bits per heavy atom. The first-order valence-electron chi connectivity index (χ1n) is 5.93. The maximum Gasteiger partial charge on any atom is 0.306 e. The fraction of sp³-hybridized carbons (Fsp3) is 0.0769. The number of halogens is 2. The number of nitro benzene ring substituents is 1. The maximum absolute atomic E-state index is 13.7. The van der Waals surface area contributed by atoms with E-state index in [1.807, 2.05) is 4.72 Å². The van der Waals surface area contributed by atoms with Gasteiger partial charge in [-0.1, -0.05) is 6.07 Å². The number of nitrogens with one attached hydrogen (secondary N) is 1. The molecular weight excluding hydrogens is 318 g/mol. The van der Waals surface area contributed by atoms with E-state index in [1.54, 1.807) is 6.92 Å². The molecule has 6 nitrogen and oxygen atoms in total. The van der Waals surface area contributed by atoms with Crippen LogP contribution in [0.4, 0.5) is 20.2 Å². The Labute approximate surface area is 124 Å². The lowest BCUT2D eigenvalue weighted by atomic mass is 10.2. The van der Waals surface area contributed by atoms with Gasteiger partial charge in [-0.15, -0.1) is 0 Å². The quantitative estimate of drug-likeness (QED) is 0.690. The molecule has 0 bridgehead atoms. The average molecular weight is 328 g/mol. The molecule has 0 saturated carbocycles. The van der Waals surface area contributed by atoms with Gasteiger partial charge in [-0.2, -0.15) is 4.39 Å². The number of aryl methyl sites for hydroxylation is 1. The van der Waals surface area contributed by atoms with Gasteiger partial charge in [0.15, 0.2) is 0 Å². The van der Waals surface area contributed by atoms with Crippen LogP contribution < -0.4 is 4.72 Å². The minimum absolute atomic E-state index is 0.242. The molecule has 0 saturated heterocycles. The van der Waals surface area contributed by atoms with E-state index in [0.717, 1.165) is 30.3 Å². The van der Waals surface area contributed by atoms with Crippen molar-refractivity contribution in [3.8, 4) is 0 Å². The summed E-state index contributed by atoms with van der Waals surface area (Å²) in [7, 11) is -4.29. The van der Waals surface area contributed by atoms with E-state index in [1.165, 1.54) is 6.07 Å². The Morgan fingerprint density at radius 2 is 1.73 bits per heavy atom. The lowest BCUT2D eigenvalue weighted by Crippen LogP contribution is -2.15. The van der Waals surface area contributed by atoms with Crippen molar-refractivity contribution in [2.75, 3.05) is 4.72 Å². The van der Waals surface area contributed by atoms with Crippen LogP contribution in [-0.2, 0) is 10.0 Å². The van der Waals surface area contributed by atoms with Crippen molar-refractivity contribution in [2.45, 2.75) is 11.8 Å². The van der Waals surface area contributed by atoms with Crippen molar-refractivity contribution in [2.24, 2.45) is 0 Å². The molecule has 0 aliphatic carbocycles. The number of rotatable bonds is 4. The summed E-state index contributed by atoms with van der Waals surface area (Å²) in [6.45, 7) is 1.58. The molecule has 2 rings (SSSR count). The Hall–Kier alpha value is -2.55. The van der Waals surface area contributed by atoms with Gasteiger partial charge in [-0.25, -0.2) is 12.8 Å². The molecule has 9 heteroatoms. The van der Waals surface area contributed by atoms with Gasteiger partial charge in [-0.05, 0) is 36.8 Å². The maximum atomic E-state index is 13.7. The summed E-state index contributed by atoms with van der Waals surface area (Å²) >= 11 is 0. The molecular formula is C13H10F2N2O4S. The summed E-state index contributed by atoms with van der Waals surface area (Å²) in [5.74, 6) is -2.07. The van der Waals surface area contributed by atoms with Crippen LogP contribution >= 0.6 is 0 Å². The highest BCUT2D eigenvalue weighted by atomic mass is 32.2. The Morgan fingerprint density at radius 3 is 2.36 bits per heavy atom. The third kappa shape index (κ3) is 3.19. The highest BCUT2D eigenvalue weighted by Crippen LogP contribution is 2.25. The predicted octanol–water partition coefficient (Wildman–Crippen LogP) is 2.98. The highest BCUT2D eigenvalue weighted by molar-refractivity contribution is 7.92. The molecule has 0 unspecified atom stereocenters. The van der Waals surface area contributed by atoms with Crippen LogP contribution in [0.15, 0.2) is 41.3 Å². The SMILES string of the molecule is Cc1ccc(F)c(S(=O)(=O)Nc2ccc(F)c([N+](=O)[O-])c2)c1. The number of sulfonamides is 1. The number of hydrogen-bond acceptors (Lipinski definition) is 4. The van der Waals surface area contributed by atoms with Gasteiger partial charge < -0.3 is 0 Å². The Bertz CT molecular complexity index is 853. The Kier molecular flexibility index (Phi) is 4.09. The molecule has 0 spiro atoms. The van der Waals surface area contributed by atoms with Crippen LogP contribution in [0.5, 0.6) is 0 Å². The third-order valence-corrected chi connectivity index (χ3v) is 4.17. The van der Waals surface area contributed by atoms with Gasteiger partial charge in [-0.3, -0.25) is 14.8 Å². The minimum atomic E-state index is -4.29. The molecule has 0 aliphatic heterocycles. The Balaban J connectivity index is 2.43. The van der Waals surface area contributed by atoms with Crippen LogP contribution in [0.3, 0.4) is 0 Å². The minimum Gasteiger partial charge on any atom is -0.279 e. The molecule has 0 fully saturated rings. The van der Waals surface area contributed by atoms with Crippen LogP contribution in [0.25, 0.3) is 0 Å². The molecule has 0 amide bonds. The normalized spacial score (nSPS) is 11.2. The van der Waals surface area contributed by atoms with Crippen molar-refractivity contribution in [1.82, 2.24) is 0 Å². The van der Waals surface area contributed by atoms with E-state index in [9.17, 15) is 27.3 Å². The molecule has 2 aromatic carbocycles. The lowest BCUT2D eigenvalue weighted by molar-refractivity contribution is -0.387. The number of nitro groups is 1. The van der Waals surface area contributed by atoms with E-state index >= 15 is 0 Å². The summed E-state index contributed by atoms with van der Waals surface area (Å²) in [4.78, 5) is 9.05. The predicted molar refractivity (Wildman–Crippen MR) is 75.0 cm³/mol. The zero-order valence-electron chi connectivity index (χ0n) is 11.2. The second kappa shape index (κ2) is 5.68. The van der Waals surface area contributed by atoms with E-state index in [4.69, 9.17) is 0 Å². The topological polar surface area (TPSA) is 89.3 Å². The second-order valence-corrected chi connectivity index (χ2v) is 6.11. The van der Waals surface area contributed by atoms with Crippen molar-refractivity contribution >= 4 is 21.4 Å². The number of benzene rings is 2. The molecule has 0 heterocycles. The fourth-order valence-corrected chi connectivity index (χ4v) is 2.96. The molecule has 2 aromatic rings. The van der Waals surface area contributed by atoms with Gasteiger partial charge in [0.25, 0.3) is 10.0 Å². The molecule has 0 aliphatic rings. The summed E-state index contributed by atoms with van der Waals surface area (Å²) in [5, 5.41) is 10.6. The fourth-order valence-electron chi connectivity index (χ4n) is 1.74. The molecule has 116 valence electrons. The van der Waals surface area contributed by atoms with Gasteiger partial charge in [0, 0.05) is 6.07 Å². The first-order chi connectivity index (χ1) is 10.2. The monoisotopic (exact) mass is 328 g/mol. The number of nitrogens with zero attached hydrogens (tertiary/aromatic N) is 1. The van der Waals surface area contributed by atoms with Crippen LogP contribution in [0, 0.1) is 28.7 Å². The van der Waals surface area contributed by atoms with Gasteiger partial charge in [0.2, 0.25) is 5.82 Å². The third-order valence-electron chi connectivity index (χ3n) is 2.77. The van der Waals surface area contributed by atoms with Gasteiger partial charge >= 0.3 is 5.69 Å². The van der Waals surface area contributed by atoms with Gasteiger partial charge in [0.05, 0.1) is 10.6 Å². The van der Waals surface area contributed by atoms with Gasteiger partial charge in [0.1, 0.15) is 10.7 Å². The van der Waals surface area contributed by atoms with Crippen molar-refractivity contribution in [3.05, 3.63) is 63.7 Å². The highest BCUT2D eigenvalue weighted by Gasteiger charge is 2.21. The summed E-state index contributed by atoms with van der Waals surface area (Å²) < 4.78 is 53.1. The molecule has 0 aromatic heterocycles. The average Bonchev–Trinajstić information content (AvgIpc) is 2.43. The summed E-state index contributed by atoms with van der Waals surface area (Å²) in [6, 6.07) is 6.00. The van der Waals surface area contributed by atoms with Crippen LogP contribution in [0.1, 0.15) is 5.56 Å². The van der Waals surface area contributed by atoms with Crippen molar-refractivity contribution < 1.29 is 22.1 Å². The van der Waals surface area contributed by atoms with E-state index in [-0.39, 0.29) is 5.69 Å². The number of hydrogen-bond donors (Lipinski definition) is 1. The summed E-state index contributed by atoms with van der Waals surface area (Å²) in [6.07, 6.45) is 0. The lowest BCUT2D eigenvalue weighted by Gasteiger charge is -2.09. The van der Waals surface area contributed by atoms with E-state index in [2.05, 4.69) is 0 Å². The zero-order chi connectivity index (χ0) is 16.5. The van der Waals surface area contributed by atoms with E-state index < -0.39 is 37.2 Å². The molecule has 1 N–H and O–H groups in total. The molecule has 22 heavy (non-hydrogen) atoms. The largest absolute Gasteiger partial charge is 0.306 e. The second-order valence-electron chi connectivity index (χ2n) is 4.46. The standard InChI is InChI=1S/C13H10F2N2O4S/c1-8-2-4-11(15)13(6-8)22(20,21)16-9-3-5-10(14)12(7-9)17(18)19/h2-7,16H,1H3. The smallest absolute Gasteiger partial charge is 0.279 e. The zero-order valence-corrected chi connectivity index (χ0v) is 12.0. The summed E-state index contributed by atoms with van der Waals surface area (Å²) in [5.41, 5.74) is -0.606. The van der Waals surface area contributed by atoms with Crippen LogP contribution in [0.2, 0.25) is 0 Å². The first-order valence-corrected chi connectivity index (χ1v) is 7.42. The van der Waals surface area contributed by atoms with Crippen LogP contribution in [-0.4, -0.2) is 13.3 Å². The molecule has 0 atom stereocenters. The van der Waals surface area contributed by atoms with E-state index in [0.29, 0.717) is 5.56 Å². The first kappa shape index (κ1) is 15.8.